The largest absolute Gasteiger partial charge is 0.412 e. The Kier molecular flexibility index (Phi) is 3.65. The summed E-state index contributed by atoms with van der Waals surface area (Å²) in [7, 11) is 0. The van der Waals surface area contributed by atoms with Crippen molar-refractivity contribution in [3.8, 4) is 0 Å². The van der Waals surface area contributed by atoms with Crippen LogP contribution in [0.2, 0.25) is 0 Å². The van der Waals surface area contributed by atoms with Crippen LogP contribution in [0.3, 0.4) is 0 Å². The number of benzene rings is 2. The van der Waals surface area contributed by atoms with E-state index in [0.717, 1.165) is 36.9 Å². The van der Waals surface area contributed by atoms with Gasteiger partial charge in [0.2, 0.25) is 0 Å². The molecule has 1 aromatic heterocycles. The van der Waals surface area contributed by atoms with Crippen molar-refractivity contribution in [3.63, 3.8) is 0 Å². The lowest BCUT2D eigenvalue weighted by Gasteiger charge is -2.20. The maximum atomic E-state index is 5.66. The van der Waals surface area contributed by atoms with Crippen LogP contribution in [0.1, 0.15) is 5.56 Å². The van der Waals surface area contributed by atoms with E-state index < -0.39 is 0 Å². The summed E-state index contributed by atoms with van der Waals surface area (Å²) in [5, 5.41) is 6.50. The first-order valence-electron chi connectivity index (χ1n) is 7.71. The monoisotopic (exact) mass is 309 g/mol. The number of nitrogens with zero attached hydrogens (tertiary/aromatic N) is 1. The number of fused-ring (bicyclic) bond motifs is 1. The fourth-order valence-corrected chi connectivity index (χ4v) is 2.68. The topological polar surface area (TPSA) is 68.5 Å². The van der Waals surface area contributed by atoms with Crippen molar-refractivity contribution in [3.05, 3.63) is 60.2 Å². The highest BCUT2D eigenvalue weighted by atomic mass is 16.4. The quantitative estimate of drug-likeness (QED) is 0.515. The summed E-state index contributed by atoms with van der Waals surface area (Å²) in [5.41, 5.74) is 2.96. The van der Waals surface area contributed by atoms with Gasteiger partial charge in [-0.1, -0.05) is 42.5 Å². The zero-order valence-corrected chi connectivity index (χ0v) is 12.7. The second-order valence-corrected chi connectivity index (χ2v) is 5.61. The molecule has 4 rings (SSSR count). The lowest BCUT2D eigenvalue weighted by atomic mass is 10.2. The molecule has 0 radical (unpaired) electrons. The summed E-state index contributed by atoms with van der Waals surface area (Å²) >= 11 is 0. The third-order valence-corrected chi connectivity index (χ3v) is 3.85. The molecule has 6 heteroatoms. The van der Waals surface area contributed by atoms with Crippen molar-refractivity contribution in [2.45, 2.75) is 6.54 Å². The van der Waals surface area contributed by atoms with E-state index >= 15 is 0 Å². The van der Waals surface area contributed by atoms with E-state index in [1.807, 2.05) is 30.3 Å². The van der Waals surface area contributed by atoms with Gasteiger partial charge in [0.05, 0.1) is 0 Å². The fourth-order valence-electron chi connectivity index (χ4n) is 2.68. The van der Waals surface area contributed by atoms with E-state index in [1.165, 1.54) is 10.5 Å². The predicted molar refractivity (Wildman–Crippen MR) is 87.6 cm³/mol. The van der Waals surface area contributed by atoms with E-state index in [-0.39, 0.29) is 0 Å². The zero-order chi connectivity index (χ0) is 15.5. The molecule has 3 aromatic rings. The molecular formula is C17H19N5O+2. The Hall–Kier alpha value is -2.86. The van der Waals surface area contributed by atoms with Crippen LogP contribution < -0.4 is 20.5 Å². The molecule has 2 heterocycles. The van der Waals surface area contributed by atoms with Gasteiger partial charge in [-0.15, -0.1) is 0 Å². The van der Waals surface area contributed by atoms with Crippen molar-refractivity contribution in [2.24, 2.45) is 0 Å². The zero-order valence-electron chi connectivity index (χ0n) is 12.7. The highest BCUT2D eigenvalue weighted by Crippen LogP contribution is 2.17. The van der Waals surface area contributed by atoms with E-state index in [4.69, 9.17) is 4.42 Å². The first kappa shape index (κ1) is 13.8. The molecule has 116 valence electrons. The van der Waals surface area contributed by atoms with Gasteiger partial charge in [0.1, 0.15) is 12.1 Å². The molecule has 2 aromatic carbocycles. The molecule has 0 aliphatic carbocycles. The minimum Gasteiger partial charge on any atom is -0.412 e. The average molecular weight is 309 g/mol. The standard InChI is InChI=1S/C17H17N5O/c1-2-6-13(7-3-1)10-22-11-18-16(19-12-22)21-17-20-14-8-4-5-9-15(14)23-17/h1-9H,10-12H2,(H2,18,19,20,21)/p+2. The molecule has 0 fully saturated rings. The fraction of sp³-hybridized carbons (Fsp3) is 0.176. The van der Waals surface area contributed by atoms with Crippen LogP contribution in [-0.2, 0) is 6.54 Å². The number of para-hydroxylation sites is 2. The molecule has 1 atom stereocenters. The van der Waals surface area contributed by atoms with Crippen molar-refractivity contribution in [2.75, 3.05) is 18.7 Å². The number of nitrogens with one attached hydrogen (secondary N) is 4. The van der Waals surface area contributed by atoms with Crippen molar-refractivity contribution in [1.82, 2.24) is 10.3 Å². The van der Waals surface area contributed by atoms with E-state index in [1.54, 1.807) is 0 Å². The van der Waals surface area contributed by atoms with Crippen molar-refractivity contribution < 1.29 is 14.3 Å². The maximum absolute atomic E-state index is 5.66. The number of anilines is 1. The Balaban J connectivity index is 1.39. The van der Waals surface area contributed by atoms with Crippen LogP contribution in [0.25, 0.3) is 11.1 Å². The smallest absolute Gasteiger partial charge is 0.365 e. The summed E-state index contributed by atoms with van der Waals surface area (Å²) in [5.74, 6) is 0.827. The molecule has 1 aliphatic heterocycles. The maximum Gasteiger partial charge on any atom is 0.365 e. The molecule has 1 unspecified atom stereocenters. The average Bonchev–Trinajstić information content (AvgIpc) is 3.00. The van der Waals surface area contributed by atoms with Gasteiger partial charge in [0, 0.05) is 5.56 Å². The molecule has 0 saturated heterocycles. The number of rotatable bonds is 3. The molecular weight excluding hydrogens is 290 g/mol. The third kappa shape index (κ3) is 3.17. The van der Waals surface area contributed by atoms with Gasteiger partial charge in [-0.05, 0) is 12.1 Å². The second-order valence-electron chi connectivity index (χ2n) is 5.61. The number of hydrogen-bond acceptors (Lipinski definition) is 4. The normalized spacial score (nSPS) is 17.6. The Labute approximate surface area is 133 Å². The molecule has 0 bridgehead atoms. The number of oxazole rings is 1. The van der Waals surface area contributed by atoms with Crippen LogP contribution in [0.5, 0.6) is 0 Å². The SMILES string of the molecule is c1ccc(C[NH+]2CNC(Nc3nc4ccccc4o3)=[NH+]C2)cc1. The Morgan fingerprint density at radius 2 is 1.96 bits per heavy atom. The molecule has 1 aliphatic rings. The molecule has 0 spiro atoms. The Morgan fingerprint density at radius 1 is 1.13 bits per heavy atom. The molecule has 4 N–H and O–H groups in total. The number of aromatic nitrogens is 1. The van der Waals surface area contributed by atoms with Crippen LogP contribution >= 0.6 is 0 Å². The van der Waals surface area contributed by atoms with Gasteiger partial charge >= 0.3 is 12.0 Å². The predicted octanol–water partition coefficient (Wildman–Crippen LogP) is -0.720. The molecule has 0 saturated carbocycles. The van der Waals surface area contributed by atoms with E-state index in [2.05, 4.69) is 44.9 Å². The lowest BCUT2D eigenvalue weighted by molar-refractivity contribution is -0.991. The van der Waals surface area contributed by atoms with Crippen LogP contribution in [0, 0.1) is 0 Å². The Bertz CT molecular complexity index is 794. The van der Waals surface area contributed by atoms with Gasteiger partial charge in [-0.2, -0.15) is 10.3 Å². The highest BCUT2D eigenvalue weighted by molar-refractivity contribution is 5.88. The van der Waals surface area contributed by atoms with Crippen LogP contribution in [0.15, 0.2) is 59.0 Å². The molecule has 23 heavy (non-hydrogen) atoms. The first-order chi connectivity index (χ1) is 11.4. The van der Waals surface area contributed by atoms with Crippen molar-refractivity contribution >= 4 is 23.1 Å². The first-order valence-corrected chi connectivity index (χ1v) is 7.71. The van der Waals surface area contributed by atoms with E-state index in [9.17, 15) is 0 Å². The van der Waals surface area contributed by atoms with Crippen LogP contribution in [-0.4, -0.2) is 24.3 Å². The summed E-state index contributed by atoms with van der Waals surface area (Å²) < 4.78 is 5.66. The second kappa shape index (κ2) is 6.10. The van der Waals surface area contributed by atoms with Gasteiger partial charge in [0.15, 0.2) is 18.9 Å². The summed E-state index contributed by atoms with van der Waals surface area (Å²) in [6.45, 7) is 2.66. The molecule has 0 amide bonds. The van der Waals surface area contributed by atoms with Gasteiger partial charge in [-0.25, -0.2) is 10.3 Å². The minimum absolute atomic E-state index is 0.493. The third-order valence-electron chi connectivity index (χ3n) is 3.85. The summed E-state index contributed by atoms with van der Waals surface area (Å²) in [6.07, 6.45) is 0. The van der Waals surface area contributed by atoms with Gasteiger partial charge in [-0.3, -0.25) is 4.90 Å². The minimum atomic E-state index is 0.493. The van der Waals surface area contributed by atoms with Gasteiger partial charge < -0.3 is 4.42 Å². The Morgan fingerprint density at radius 3 is 2.74 bits per heavy atom. The molecule has 6 nitrogen and oxygen atoms in total. The summed E-state index contributed by atoms with van der Waals surface area (Å²) in [6, 6.07) is 18.7. The summed E-state index contributed by atoms with van der Waals surface area (Å²) in [4.78, 5) is 9.16. The lowest BCUT2D eigenvalue weighted by Crippen LogP contribution is -3.23. The number of quaternary nitrogens is 1. The van der Waals surface area contributed by atoms with E-state index in [0.29, 0.717) is 6.01 Å². The number of hydrogen-bond donors (Lipinski definition) is 4. The van der Waals surface area contributed by atoms with Gasteiger partial charge in [0.25, 0.3) is 0 Å². The van der Waals surface area contributed by atoms with Crippen molar-refractivity contribution in [1.29, 1.82) is 0 Å². The van der Waals surface area contributed by atoms with Crippen LogP contribution in [0.4, 0.5) is 6.01 Å². The highest BCUT2D eigenvalue weighted by Gasteiger charge is 2.21. The number of guanidine groups is 1.